The Labute approximate surface area is 116 Å². The number of rotatable bonds is 4. The zero-order valence-electron chi connectivity index (χ0n) is 11.8. The number of hydrogen-bond donors (Lipinski definition) is 2. The van der Waals surface area contributed by atoms with Crippen molar-refractivity contribution in [2.45, 2.75) is 45.1 Å². The van der Waals surface area contributed by atoms with Gasteiger partial charge in [0.05, 0.1) is 6.10 Å². The first-order valence-corrected chi connectivity index (χ1v) is 7.67. The number of nitrogens with two attached hydrogens (primary N) is 1. The van der Waals surface area contributed by atoms with E-state index in [1.807, 2.05) is 6.07 Å². The predicted octanol–water partition coefficient (Wildman–Crippen LogP) is 3.05. The summed E-state index contributed by atoms with van der Waals surface area (Å²) in [6.45, 7) is 2.77. The molecule has 0 aromatic heterocycles. The van der Waals surface area contributed by atoms with E-state index in [1.54, 1.807) is 0 Å². The lowest BCUT2D eigenvalue weighted by Gasteiger charge is -2.41. The lowest BCUT2D eigenvalue weighted by atomic mass is 9.67. The molecule has 19 heavy (non-hydrogen) atoms. The van der Waals surface area contributed by atoms with Gasteiger partial charge in [0.2, 0.25) is 0 Å². The normalized spacial score (nSPS) is 34.7. The maximum atomic E-state index is 11.0. The van der Waals surface area contributed by atoms with Gasteiger partial charge in [0, 0.05) is 12.0 Å². The number of aliphatic hydroxyl groups is 1. The molecule has 0 amide bonds. The Kier molecular flexibility index (Phi) is 3.40. The summed E-state index contributed by atoms with van der Waals surface area (Å²) in [4.78, 5) is 0. The van der Waals surface area contributed by atoms with Crippen LogP contribution in [0.15, 0.2) is 24.3 Å². The summed E-state index contributed by atoms with van der Waals surface area (Å²) in [7, 11) is 0. The van der Waals surface area contributed by atoms with Crippen molar-refractivity contribution in [1.29, 1.82) is 0 Å². The van der Waals surface area contributed by atoms with Crippen LogP contribution in [0, 0.1) is 17.3 Å². The molecule has 2 fully saturated rings. The first-order valence-electron chi connectivity index (χ1n) is 7.67. The number of fused-ring (bicyclic) bond motifs is 2. The lowest BCUT2D eigenvalue weighted by Crippen LogP contribution is -2.41. The van der Waals surface area contributed by atoms with Gasteiger partial charge in [-0.25, -0.2) is 0 Å². The van der Waals surface area contributed by atoms with Crippen molar-refractivity contribution in [3.8, 4) is 0 Å². The molecule has 3 N–H and O–H groups in total. The molecule has 4 unspecified atom stereocenters. The highest BCUT2D eigenvalue weighted by Gasteiger charge is 2.54. The molecule has 3 rings (SSSR count). The topological polar surface area (TPSA) is 46.2 Å². The van der Waals surface area contributed by atoms with Crippen molar-refractivity contribution >= 4 is 0 Å². The number of aliphatic hydroxyl groups excluding tert-OH is 1. The van der Waals surface area contributed by atoms with Crippen LogP contribution < -0.4 is 5.73 Å². The lowest BCUT2D eigenvalue weighted by molar-refractivity contribution is -0.0135. The number of aryl methyl sites for hydroxylation is 1. The highest BCUT2D eigenvalue weighted by molar-refractivity contribution is 5.31. The van der Waals surface area contributed by atoms with E-state index in [0.717, 1.165) is 24.3 Å². The SMILES string of the molecule is CCc1ccccc1C(O)C1(CN)CC2CCC1C2. The Morgan fingerprint density at radius 1 is 1.37 bits per heavy atom. The van der Waals surface area contributed by atoms with E-state index in [2.05, 4.69) is 25.1 Å². The molecule has 2 bridgehead atoms. The second-order valence-corrected chi connectivity index (χ2v) is 6.47. The summed E-state index contributed by atoms with van der Waals surface area (Å²) in [6, 6.07) is 8.32. The van der Waals surface area contributed by atoms with Gasteiger partial charge >= 0.3 is 0 Å². The maximum Gasteiger partial charge on any atom is 0.0863 e. The van der Waals surface area contributed by atoms with Crippen molar-refractivity contribution in [2.24, 2.45) is 23.0 Å². The number of benzene rings is 1. The molecule has 0 heterocycles. The fraction of sp³-hybridized carbons (Fsp3) is 0.647. The van der Waals surface area contributed by atoms with Crippen LogP contribution in [0.1, 0.15) is 49.8 Å². The van der Waals surface area contributed by atoms with Crippen LogP contribution in [0.3, 0.4) is 0 Å². The van der Waals surface area contributed by atoms with Crippen molar-refractivity contribution in [1.82, 2.24) is 0 Å². The second kappa shape index (κ2) is 4.92. The van der Waals surface area contributed by atoms with Crippen molar-refractivity contribution in [3.05, 3.63) is 35.4 Å². The zero-order valence-corrected chi connectivity index (χ0v) is 11.8. The van der Waals surface area contributed by atoms with Gasteiger partial charge in [0.15, 0.2) is 0 Å². The van der Waals surface area contributed by atoms with Crippen molar-refractivity contribution < 1.29 is 5.11 Å². The monoisotopic (exact) mass is 259 g/mol. The van der Waals surface area contributed by atoms with Gasteiger partial charge in [-0.3, -0.25) is 0 Å². The van der Waals surface area contributed by atoms with Crippen LogP contribution in [0.2, 0.25) is 0 Å². The first kappa shape index (κ1) is 13.1. The van der Waals surface area contributed by atoms with Crippen LogP contribution in [0.25, 0.3) is 0 Å². The van der Waals surface area contributed by atoms with E-state index in [-0.39, 0.29) is 11.5 Å². The molecule has 0 spiro atoms. The van der Waals surface area contributed by atoms with Crippen LogP contribution in [-0.4, -0.2) is 11.7 Å². The van der Waals surface area contributed by atoms with Gasteiger partial charge in [0.1, 0.15) is 0 Å². The van der Waals surface area contributed by atoms with Crippen LogP contribution in [0.4, 0.5) is 0 Å². The maximum absolute atomic E-state index is 11.0. The molecule has 1 aromatic rings. The standard InChI is InChI=1S/C17H25NO/c1-2-13-5-3-4-6-15(13)16(19)17(11-18)10-12-7-8-14(17)9-12/h3-6,12,14,16,19H,2,7-11,18H2,1H3. The highest BCUT2D eigenvalue weighted by Crippen LogP contribution is 2.60. The molecule has 1 aromatic carbocycles. The molecule has 2 aliphatic rings. The molecule has 2 aliphatic carbocycles. The van der Waals surface area contributed by atoms with Crippen LogP contribution >= 0.6 is 0 Å². The van der Waals surface area contributed by atoms with E-state index < -0.39 is 0 Å². The summed E-state index contributed by atoms with van der Waals surface area (Å²) in [5, 5.41) is 11.0. The Bertz CT molecular complexity index is 458. The molecule has 0 saturated heterocycles. The summed E-state index contributed by atoms with van der Waals surface area (Å²) < 4.78 is 0. The van der Waals surface area contributed by atoms with E-state index >= 15 is 0 Å². The van der Waals surface area contributed by atoms with Gasteiger partial charge in [-0.05, 0) is 48.6 Å². The third kappa shape index (κ3) is 1.93. The molecule has 104 valence electrons. The van der Waals surface area contributed by atoms with Crippen molar-refractivity contribution in [3.63, 3.8) is 0 Å². The van der Waals surface area contributed by atoms with Gasteiger partial charge in [-0.1, -0.05) is 37.6 Å². The molecular formula is C17H25NO. The Balaban J connectivity index is 1.96. The zero-order chi connectivity index (χ0) is 13.5. The minimum absolute atomic E-state index is 0.0613. The molecule has 0 aliphatic heterocycles. The molecule has 0 radical (unpaired) electrons. The molecule has 2 nitrogen and oxygen atoms in total. The third-order valence-corrected chi connectivity index (χ3v) is 5.68. The largest absolute Gasteiger partial charge is 0.388 e. The first-order chi connectivity index (χ1) is 9.21. The van der Waals surface area contributed by atoms with E-state index in [0.29, 0.717) is 12.5 Å². The van der Waals surface area contributed by atoms with Crippen molar-refractivity contribution in [2.75, 3.05) is 6.54 Å². The number of hydrogen-bond acceptors (Lipinski definition) is 2. The highest BCUT2D eigenvalue weighted by atomic mass is 16.3. The third-order valence-electron chi connectivity index (χ3n) is 5.68. The summed E-state index contributed by atoms with van der Waals surface area (Å²) in [5.41, 5.74) is 8.45. The fourth-order valence-electron chi connectivity index (χ4n) is 4.62. The minimum Gasteiger partial charge on any atom is -0.388 e. The van der Waals surface area contributed by atoms with Crippen LogP contribution in [-0.2, 0) is 6.42 Å². The molecule has 2 saturated carbocycles. The quantitative estimate of drug-likeness (QED) is 0.873. The molecule has 4 atom stereocenters. The molecule has 2 heteroatoms. The predicted molar refractivity (Wildman–Crippen MR) is 77.7 cm³/mol. The average molecular weight is 259 g/mol. The van der Waals surface area contributed by atoms with Gasteiger partial charge in [-0.2, -0.15) is 0 Å². The summed E-state index contributed by atoms with van der Waals surface area (Å²) >= 11 is 0. The second-order valence-electron chi connectivity index (χ2n) is 6.47. The van der Waals surface area contributed by atoms with Gasteiger partial charge in [-0.15, -0.1) is 0 Å². The van der Waals surface area contributed by atoms with E-state index in [4.69, 9.17) is 5.73 Å². The average Bonchev–Trinajstić information content (AvgIpc) is 3.07. The smallest absolute Gasteiger partial charge is 0.0863 e. The van der Waals surface area contributed by atoms with Gasteiger partial charge in [0.25, 0.3) is 0 Å². The van der Waals surface area contributed by atoms with E-state index in [9.17, 15) is 5.11 Å². The molecular weight excluding hydrogens is 234 g/mol. The summed E-state index contributed by atoms with van der Waals surface area (Å²) in [5.74, 6) is 1.43. The Hall–Kier alpha value is -0.860. The Morgan fingerprint density at radius 3 is 2.74 bits per heavy atom. The minimum atomic E-state index is -0.385. The summed E-state index contributed by atoms with van der Waals surface area (Å²) in [6.07, 6.45) is 5.59. The Morgan fingerprint density at radius 2 is 2.16 bits per heavy atom. The van der Waals surface area contributed by atoms with Gasteiger partial charge < -0.3 is 10.8 Å². The van der Waals surface area contributed by atoms with Crippen LogP contribution in [0.5, 0.6) is 0 Å². The van der Waals surface area contributed by atoms with E-state index in [1.165, 1.54) is 24.8 Å². The fourth-order valence-corrected chi connectivity index (χ4v) is 4.62.